The molecule has 2 N–H and O–H groups in total. The van der Waals surface area contributed by atoms with Gasteiger partial charge in [-0.2, -0.15) is 0 Å². The zero-order valence-corrected chi connectivity index (χ0v) is 19.8. The average molecular weight is 476 g/mol. The van der Waals surface area contributed by atoms with Gasteiger partial charge in [0.25, 0.3) is 0 Å². The number of carbonyl (C=O) groups is 4. The summed E-state index contributed by atoms with van der Waals surface area (Å²) in [5.41, 5.74) is -1.29. The van der Waals surface area contributed by atoms with Crippen molar-refractivity contribution in [1.29, 1.82) is 0 Å². The molecule has 0 aromatic rings. The van der Waals surface area contributed by atoms with Crippen molar-refractivity contribution >= 4 is 23.7 Å². The number of rotatable bonds is 3. The highest BCUT2D eigenvalue weighted by Gasteiger charge is 2.73. The van der Waals surface area contributed by atoms with Crippen LogP contribution in [0.15, 0.2) is 24.3 Å². The van der Waals surface area contributed by atoms with Crippen LogP contribution in [-0.4, -0.2) is 94.7 Å². The highest BCUT2D eigenvalue weighted by Crippen LogP contribution is 2.55. The summed E-state index contributed by atoms with van der Waals surface area (Å²) >= 11 is 0. The van der Waals surface area contributed by atoms with Gasteiger partial charge in [-0.1, -0.05) is 24.3 Å². The predicted octanol–water partition coefficient (Wildman–Crippen LogP) is -0.236. The smallest absolute Gasteiger partial charge is 0.313 e. The van der Waals surface area contributed by atoms with E-state index in [1.807, 2.05) is 26.0 Å². The summed E-state index contributed by atoms with van der Waals surface area (Å²) in [6.07, 6.45) is 6.65. The second kappa shape index (κ2) is 9.50. The molecule has 0 aromatic heterocycles. The fraction of sp³-hybridized carbons (Fsp3) is 0.667. The summed E-state index contributed by atoms with van der Waals surface area (Å²) in [5, 5.41) is 12.4. The van der Waals surface area contributed by atoms with Gasteiger partial charge in [0.2, 0.25) is 17.7 Å². The molecular weight excluding hydrogens is 442 g/mol. The van der Waals surface area contributed by atoms with Gasteiger partial charge < -0.3 is 29.7 Å². The number of likely N-dealkylation sites (tertiary alicyclic amines) is 1. The Balaban J connectivity index is 1.74. The molecule has 0 unspecified atom stereocenters. The van der Waals surface area contributed by atoms with Crippen LogP contribution in [0.5, 0.6) is 0 Å². The third kappa shape index (κ3) is 4.02. The van der Waals surface area contributed by atoms with Crippen LogP contribution in [0.3, 0.4) is 0 Å². The predicted molar refractivity (Wildman–Crippen MR) is 120 cm³/mol. The van der Waals surface area contributed by atoms with Gasteiger partial charge in [-0.05, 0) is 27.2 Å². The van der Waals surface area contributed by atoms with E-state index < -0.39 is 47.6 Å². The van der Waals surface area contributed by atoms with E-state index in [2.05, 4.69) is 5.32 Å². The lowest BCUT2D eigenvalue weighted by atomic mass is 9.74. The Kier molecular flexibility index (Phi) is 6.82. The van der Waals surface area contributed by atoms with Crippen LogP contribution in [0, 0.1) is 11.8 Å². The Labute approximate surface area is 198 Å². The van der Waals surface area contributed by atoms with Gasteiger partial charge in [-0.3, -0.25) is 19.2 Å². The number of fused-ring (bicyclic) bond motifs is 2. The van der Waals surface area contributed by atoms with Gasteiger partial charge in [-0.25, -0.2) is 0 Å². The van der Waals surface area contributed by atoms with Gasteiger partial charge >= 0.3 is 5.97 Å². The van der Waals surface area contributed by atoms with Crippen molar-refractivity contribution in [2.45, 2.75) is 63.5 Å². The first-order chi connectivity index (χ1) is 16.2. The summed E-state index contributed by atoms with van der Waals surface area (Å²) in [6.45, 7) is 5.54. The Hall–Kier alpha value is -2.72. The van der Waals surface area contributed by atoms with Crippen LogP contribution < -0.4 is 5.32 Å². The second-order valence-electron chi connectivity index (χ2n) is 9.60. The number of aliphatic hydroxyl groups is 1. The number of hydrogen-bond acceptors (Lipinski definition) is 7. The van der Waals surface area contributed by atoms with Crippen LogP contribution in [0.2, 0.25) is 0 Å². The molecule has 0 aromatic carbocycles. The first kappa shape index (κ1) is 24.4. The fourth-order valence-corrected chi connectivity index (χ4v) is 5.46. The minimum Gasteiger partial charge on any atom is -0.460 e. The van der Waals surface area contributed by atoms with E-state index in [1.54, 1.807) is 24.0 Å². The molecule has 0 aliphatic carbocycles. The molecule has 186 valence electrons. The molecule has 4 rings (SSSR count). The molecule has 3 amide bonds. The highest BCUT2D eigenvalue weighted by molar-refractivity contribution is 5.99. The average Bonchev–Trinajstić information content (AvgIpc) is 3.41. The molecule has 6 atom stereocenters. The quantitative estimate of drug-likeness (QED) is 0.426. The third-order valence-electron chi connectivity index (χ3n) is 7.04. The lowest BCUT2D eigenvalue weighted by Gasteiger charge is -2.37. The molecule has 34 heavy (non-hydrogen) atoms. The first-order valence-corrected chi connectivity index (χ1v) is 11.9. The van der Waals surface area contributed by atoms with E-state index >= 15 is 0 Å². The lowest BCUT2D eigenvalue weighted by Crippen LogP contribution is -2.57. The Bertz CT molecular complexity index is 916. The Morgan fingerprint density at radius 1 is 1.21 bits per heavy atom. The second-order valence-corrected chi connectivity index (χ2v) is 9.60. The monoisotopic (exact) mass is 475 g/mol. The molecule has 5 bridgehead atoms. The van der Waals surface area contributed by atoms with Gasteiger partial charge in [-0.15, -0.1) is 0 Å². The number of aliphatic hydroxyl groups excluding tert-OH is 1. The zero-order valence-electron chi connectivity index (χ0n) is 19.8. The number of allylic oxidation sites excluding steroid dienone is 1. The van der Waals surface area contributed by atoms with E-state index in [-0.39, 0.29) is 44.0 Å². The number of esters is 1. The van der Waals surface area contributed by atoms with E-state index in [4.69, 9.17) is 9.47 Å². The molecule has 2 fully saturated rings. The van der Waals surface area contributed by atoms with Crippen molar-refractivity contribution in [3.05, 3.63) is 24.3 Å². The minimum absolute atomic E-state index is 0.0403. The van der Waals surface area contributed by atoms with Gasteiger partial charge in [0, 0.05) is 25.6 Å². The normalized spacial score (nSPS) is 37.3. The van der Waals surface area contributed by atoms with Gasteiger partial charge in [0.1, 0.15) is 23.7 Å². The highest BCUT2D eigenvalue weighted by atomic mass is 16.6. The molecule has 4 aliphatic heterocycles. The minimum atomic E-state index is -1.29. The molecule has 2 saturated heterocycles. The largest absolute Gasteiger partial charge is 0.460 e. The van der Waals surface area contributed by atoms with Gasteiger partial charge in [0.05, 0.1) is 25.2 Å². The molecule has 4 heterocycles. The number of nitrogens with zero attached hydrogens (tertiary/aromatic N) is 2. The van der Waals surface area contributed by atoms with Gasteiger partial charge in [0.15, 0.2) is 0 Å². The van der Waals surface area contributed by atoms with Crippen molar-refractivity contribution in [3.8, 4) is 0 Å². The fourth-order valence-electron chi connectivity index (χ4n) is 5.46. The van der Waals surface area contributed by atoms with Crippen LogP contribution in [0.25, 0.3) is 0 Å². The summed E-state index contributed by atoms with van der Waals surface area (Å²) in [6, 6.07) is -1.17. The number of hydrogen-bond donors (Lipinski definition) is 2. The van der Waals surface area contributed by atoms with Crippen LogP contribution in [0.1, 0.15) is 33.6 Å². The van der Waals surface area contributed by atoms with Crippen molar-refractivity contribution in [2.75, 3.05) is 26.2 Å². The number of carbonyl (C=O) groups excluding carboxylic acids is 4. The molecule has 10 heteroatoms. The molecule has 10 nitrogen and oxygen atoms in total. The maximum absolute atomic E-state index is 13.9. The zero-order chi connectivity index (χ0) is 24.6. The topological polar surface area (TPSA) is 125 Å². The molecule has 0 saturated carbocycles. The van der Waals surface area contributed by atoms with Crippen LogP contribution in [-0.2, 0) is 28.7 Å². The van der Waals surface area contributed by atoms with Crippen LogP contribution in [0.4, 0.5) is 0 Å². The van der Waals surface area contributed by atoms with E-state index in [0.717, 1.165) is 0 Å². The molecule has 4 aliphatic rings. The lowest BCUT2D eigenvalue weighted by molar-refractivity contribution is -0.158. The van der Waals surface area contributed by atoms with E-state index in [9.17, 15) is 24.3 Å². The summed E-state index contributed by atoms with van der Waals surface area (Å²) in [5.74, 6) is -3.29. The Morgan fingerprint density at radius 3 is 2.68 bits per heavy atom. The number of ether oxygens (including phenoxy) is 2. The number of nitrogens with one attached hydrogen (secondary N) is 1. The summed E-state index contributed by atoms with van der Waals surface area (Å²) < 4.78 is 11.8. The van der Waals surface area contributed by atoms with Crippen molar-refractivity contribution in [2.24, 2.45) is 11.8 Å². The van der Waals surface area contributed by atoms with Crippen molar-refractivity contribution < 1.29 is 33.8 Å². The summed E-state index contributed by atoms with van der Waals surface area (Å²) in [7, 11) is 0. The van der Waals surface area contributed by atoms with E-state index in [0.29, 0.717) is 13.0 Å². The van der Waals surface area contributed by atoms with Crippen molar-refractivity contribution in [3.63, 3.8) is 0 Å². The SMILES string of the molecule is CC(C)N1C/C=C\CCC(=O)NC[C@H](C)OC(=O)[C@@H]2[C@H]3C(=O)N(CCO)[C@H](C1=O)[C@]31C=C[C@H]2O1. The van der Waals surface area contributed by atoms with Crippen molar-refractivity contribution in [1.82, 2.24) is 15.1 Å². The summed E-state index contributed by atoms with van der Waals surface area (Å²) in [4.78, 5) is 55.7. The first-order valence-electron chi connectivity index (χ1n) is 11.9. The maximum atomic E-state index is 13.9. The number of β-amino-alcohol motifs (C(OH)–C–C–N with tert-alkyl or cyclic N) is 1. The number of cyclic esters (lactones) is 1. The third-order valence-corrected chi connectivity index (χ3v) is 7.04. The standard InChI is InChI=1S/C24H33N3O7/c1-14(2)26-10-6-4-5-7-17(29)25-13-15(3)33-23(32)18-16-8-9-24(34-16)19(18)21(30)27(11-12-28)20(24)22(26)31/h4,6,8-9,14-16,18-20,28H,5,7,10-13H2,1-3H3,(H,25,29)/b6-4-/t15-,16+,18-,19-,20+,24-/m0/s1. The van der Waals surface area contributed by atoms with Crippen LogP contribution >= 0.6 is 0 Å². The molecule has 0 radical (unpaired) electrons. The molecule has 1 spiro atoms. The van der Waals surface area contributed by atoms with E-state index in [1.165, 1.54) is 4.90 Å². The maximum Gasteiger partial charge on any atom is 0.313 e. The molecular formula is C24H33N3O7. The number of amides is 3. The Morgan fingerprint density at radius 2 is 1.97 bits per heavy atom.